The molecule has 1 aromatic rings. The summed E-state index contributed by atoms with van der Waals surface area (Å²) >= 11 is 0. The molecule has 5 nitrogen and oxygen atoms in total. The number of anilines is 1. The molecule has 0 saturated carbocycles. The largest absolute Gasteiger partial charge is 0.495 e. The van der Waals surface area contributed by atoms with Crippen molar-refractivity contribution in [2.45, 2.75) is 33.2 Å². The molecule has 2 aliphatic rings. The fraction of sp³-hybridized carbons (Fsp3) is 0.667. The van der Waals surface area contributed by atoms with E-state index in [2.05, 4.69) is 47.6 Å². The lowest BCUT2D eigenvalue weighted by Crippen LogP contribution is -2.56. The third-order valence-electron chi connectivity index (χ3n) is 5.83. The number of rotatable bonds is 4. The average molecular weight is 360 g/mol. The van der Waals surface area contributed by atoms with Crippen LogP contribution >= 0.6 is 0 Å². The Bertz CT molecular complexity index is 603. The number of hydrogen-bond acceptors (Lipinski definition) is 4. The smallest absolute Gasteiger partial charge is 0.239 e. The van der Waals surface area contributed by atoms with E-state index in [1.807, 2.05) is 12.1 Å². The second-order valence-electron chi connectivity index (χ2n) is 8.06. The molecule has 5 heteroatoms. The van der Waals surface area contributed by atoms with Gasteiger partial charge in [-0.2, -0.15) is 0 Å². The number of methoxy groups -OCH3 is 1. The third-order valence-corrected chi connectivity index (χ3v) is 5.83. The molecule has 26 heavy (non-hydrogen) atoms. The first-order valence-corrected chi connectivity index (χ1v) is 9.90. The monoisotopic (exact) mass is 359 g/mol. The molecule has 0 spiro atoms. The van der Waals surface area contributed by atoms with Crippen LogP contribution in [0.5, 0.6) is 5.75 Å². The summed E-state index contributed by atoms with van der Waals surface area (Å²) in [5, 5.41) is 0. The Morgan fingerprint density at radius 2 is 1.69 bits per heavy atom. The molecule has 0 aliphatic carbocycles. The van der Waals surface area contributed by atoms with Crippen LogP contribution in [0.3, 0.4) is 0 Å². The van der Waals surface area contributed by atoms with E-state index in [9.17, 15) is 4.79 Å². The lowest BCUT2D eigenvalue weighted by atomic mass is 9.91. The predicted molar refractivity (Wildman–Crippen MR) is 106 cm³/mol. The minimum absolute atomic E-state index is 0.0349. The van der Waals surface area contributed by atoms with E-state index in [-0.39, 0.29) is 6.04 Å². The van der Waals surface area contributed by atoms with Gasteiger partial charge in [-0.3, -0.25) is 9.69 Å². The van der Waals surface area contributed by atoms with Crippen LogP contribution in [0.25, 0.3) is 0 Å². The van der Waals surface area contributed by atoms with Crippen molar-refractivity contribution in [1.82, 2.24) is 9.80 Å². The van der Waals surface area contributed by atoms with E-state index in [1.54, 1.807) is 7.11 Å². The lowest BCUT2D eigenvalue weighted by molar-refractivity contribution is -0.139. The molecule has 0 radical (unpaired) electrons. The molecule has 144 valence electrons. The maximum Gasteiger partial charge on any atom is 0.239 e. The van der Waals surface area contributed by atoms with Gasteiger partial charge < -0.3 is 14.5 Å². The number of likely N-dealkylation sites (tertiary alicyclic amines) is 1. The van der Waals surface area contributed by atoms with Crippen LogP contribution < -0.4 is 9.64 Å². The van der Waals surface area contributed by atoms with Crippen molar-refractivity contribution < 1.29 is 9.53 Å². The van der Waals surface area contributed by atoms with E-state index >= 15 is 0 Å². The number of piperazine rings is 1. The molecule has 0 N–H and O–H groups in total. The molecule has 0 bridgehead atoms. The topological polar surface area (TPSA) is 36.0 Å². The molecule has 0 unspecified atom stereocenters. The lowest BCUT2D eigenvalue weighted by Gasteiger charge is -2.42. The number of piperidine rings is 1. The minimum atomic E-state index is -0.0349. The molecule has 3 atom stereocenters. The molecule has 1 aromatic carbocycles. The first kappa shape index (κ1) is 19.0. The summed E-state index contributed by atoms with van der Waals surface area (Å²) < 4.78 is 5.49. The number of carbonyl (C=O) groups is 1. The second kappa shape index (κ2) is 8.30. The Morgan fingerprint density at radius 1 is 1.08 bits per heavy atom. The number of benzene rings is 1. The van der Waals surface area contributed by atoms with Crippen molar-refractivity contribution in [1.29, 1.82) is 0 Å². The van der Waals surface area contributed by atoms with Crippen LogP contribution in [-0.2, 0) is 4.79 Å². The summed E-state index contributed by atoms with van der Waals surface area (Å²) in [6, 6.07) is 8.13. The van der Waals surface area contributed by atoms with Crippen molar-refractivity contribution in [3.8, 4) is 5.75 Å². The Labute approximate surface area is 157 Å². The number of nitrogens with zero attached hydrogens (tertiary/aromatic N) is 3. The van der Waals surface area contributed by atoms with Gasteiger partial charge in [0.25, 0.3) is 0 Å². The summed E-state index contributed by atoms with van der Waals surface area (Å²) in [5.41, 5.74) is 1.15. The van der Waals surface area contributed by atoms with E-state index < -0.39 is 0 Å². The molecule has 0 aromatic heterocycles. The van der Waals surface area contributed by atoms with E-state index in [0.717, 1.165) is 50.7 Å². The van der Waals surface area contributed by atoms with E-state index in [4.69, 9.17) is 4.74 Å². The highest BCUT2D eigenvalue weighted by Crippen LogP contribution is 2.29. The Hall–Kier alpha value is -1.75. The standard InChI is InChI=1S/C21H33N3O2/c1-16-13-17(2)15-24(14-16)21(25)18(3)22-9-11-23(12-10-22)19-7-5-6-8-20(19)26-4/h5-8,16-18H,9-15H2,1-4H3/t16-,17-,18+/m0/s1. The zero-order valence-corrected chi connectivity index (χ0v) is 16.6. The van der Waals surface area contributed by atoms with Crippen LogP contribution in [-0.4, -0.2) is 68.1 Å². The van der Waals surface area contributed by atoms with Crippen molar-refractivity contribution in [2.24, 2.45) is 11.8 Å². The normalized spacial score (nSPS) is 25.8. The zero-order chi connectivity index (χ0) is 18.7. The van der Waals surface area contributed by atoms with Gasteiger partial charge in [0.05, 0.1) is 18.8 Å². The first-order chi connectivity index (χ1) is 12.5. The highest BCUT2D eigenvalue weighted by Gasteiger charge is 2.32. The molecule has 2 heterocycles. The maximum atomic E-state index is 13.0. The van der Waals surface area contributed by atoms with E-state index in [1.165, 1.54) is 6.42 Å². The van der Waals surface area contributed by atoms with E-state index in [0.29, 0.717) is 17.7 Å². The third kappa shape index (κ3) is 4.14. The van der Waals surface area contributed by atoms with Gasteiger partial charge in [-0.1, -0.05) is 26.0 Å². The van der Waals surface area contributed by atoms with Crippen molar-refractivity contribution in [3.63, 3.8) is 0 Å². The van der Waals surface area contributed by atoms with Crippen LogP contribution in [0.4, 0.5) is 5.69 Å². The Balaban J connectivity index is 1.58. The van der Waals surface area contributed by atoms with Crippen LogP contribution in [0.15, 0.2) is 24.3 Å². The Kier molecular flexibility index (Phi) is 6.07. The molecule has 2 aliphatic heterocycles. The fourth-order valence-electron chi connectivity index (χ4n) is 4.50. The summed E-state index contributed by atoms with van der Waals surface area (Å²) in [6.45, 7) is 12.1. The number of ether oxygens (including phenoxy) is 1. The first-order valence-electron chi connectivity index (χ1n) is 9.90. The van der Waals surface area contributed by atoms with Crippen molar-refractivity contribution >= 4 is 11.6 Å². The van der Waals surface area contributed by atoms with Gasteiger partial charge in [-0.05, 0) is 37.3 Å². The second-order valence-corrected chi connectivity index (χ2v) is 8.06. The van der Waals surface area contributed by atoms with Crippen LogP contribution in [0.2, 0.25) is 0 Å². The number of hydrogen-bond donors (Lipinski definition) is 0. The molecular formula is C21H33N3O2. The van der Waals surface area contributed by atoms with Crippen molar-refractivity contribution in [2.75, 3.05) is 51.3 Å². The summed E-state index contributed by atoms with van der Waals surface area (Å²) in [7, 11) is 1.72. The molecule has 1 amide bonds. The van der Waals surface area contributed by atoms with Crippen molar-refractivity contribution in [3.05, 3.63) is 24.3 Å². The van der Waals surface area contributed by atoms with Gasteiger partial charge in [0.2, 0.25) is 5.91 Å². The fourth-order valence-corrected chi connectivity index (χ4v) is 4.50. The molecule has 3 rings (SSSR count). The van der Waals surface area contributed by atoms with Crippen LogP contribution in [0.1, 0.15) is 27.2 Å². The highest BCUT2D eigenvalue weighted by molar-refractivity contribution is 5.81. The SMILES string of the molecule is COc1ccccc1N1CCN([C@H](C)C(=O)N2C[C@@H](C)C[C@H](C)C2)CC1. The van der Waals surface area contributed by atoms with Gasteiger partial charge in [-0.15, -0.1) is 0 Å². The molecule has 2 saturated heterocycles. The van der Waals surface area contributed by atoms with Gasteiger partial charge in [-0.25, -0.2) is 0 Å². The highest BCUT2D eigenvalue weighted by atomic mass is 16.5. The van der Waals surface area contributed by atoms with Gasteiger partial charge >= 0.3 is 0 Å². The van der Waals surface area contributed by atoms with Gasteiger partial charge in [0, 0.05) is 39.3 Å². The quantitative estimate of drug-likeness (QED) is 0.828. The predicted octanol–water partition coefficient (Wildman–Crippen LogP) is 2.71. The average Bonchev–Trinajstić information content (AvgIpc) is 2.66. The van der Waals surface area contributed by atoms with Crippen LogP contribution in [0, 0.1) is 11.8 Å². The molecule has 2 fully saturated rings. The van der Waals surface area contributed by atoms with Gasteiger partial charge in [0.15, 0.2) is 0 Å². The summed E-state index contributed by atoms with van der Waals surface area (Å²) in [5.74, 6) is 2.44. The number of carbonyl (C=O) groups excluding carboxylic acids is 1. The summed E-state index contributed by atoms with van der Waals surface area (Å²) in [4.78, 5) is 19.8. The Morgan fingerprint density at radius 3 is 2.31 bits per heavy atom. The number of amides is 1. The summed E-state index contributed by atoms with van der Waals surface area (Å²) in [6.07, 6.45) is 1.23. The zero-order valence-electron chi connectivity index (χ0n) is 16.6. The maximum absolute atomic E-state index is 13.0. The number of para-hydroxylation sites is 2. The molecular weight excluding hydrogens is 326 g/mol. The minimum Gasteiger partial charge on any atom is -0.495 e. The van der Waals surface area contributed by atoms with Gasteiger partial charge in [0.1, 0.15) is 5.75 Å².